The number of piperidine rings is 1. The maximum Gasteiger partial charge on any atom is 0.225 e. The molecule has 1 aromatic carbocycles. The fourth-order valence-corrected chi connectivity index (χ4v) is 3.05. The zero-order valence-corrected chi connectivity index (χ0v) is 14.5. The highest BCUT2D eigenvalue weighted by Crippen LogP contribution is 2.23. The Morgan fingerprint density at radius 3 is 2.70 bits per heavy atom. The van der Waals surface area contributed by atoms with E-state index in [-0.39, 0.29) is 0 Å². The van der Waals surface area contributed by atoms with E-state index in [4.69, 9.17) is 11.6 Å². The highest BCUT2D eigenvalue weighted by Gasteiger charge is 2.18. The molecule has 0 atom stereocenters. The second-order valence-corrected chi connectivity index (χ2v) is 6.71. The first-order valence-corrected chi connectivity index (χ1v) is 8.57. The number of aryl methyl sites for hydroxylation is 1. The van der Waals surface area contributed by atoms with Gasteiger partial charge in [0, 0.05) is 36.4 Å². The summed E-state index contributed by atoms with van der Waals surface area (Å²) in [5, 5.41) is 4.06. The first-order valence-electron chi connectivity index (χ1n) is 8.20. The molecular weight excluding hydrogens is 308 g/mol. The van der Waals surface area contributed by atoms with Crippen LogP contribution in [0.5, 0.6) is 0 Å². The molecule has 0 spiro atoms. The van der Waals surface area contributed by atoms with Gasteiger partial charge < -0.3 is 10.2 Å². The monoisotopic (exact) mass is 330 g/mol. The lowest BCUT2D eigenvalue weighted by atomic mass is 9.99. The predicted molar refractivity (Wildman–Crippen MR) is 96.2 cm³/mol. The smallest absolute Gasteiger partial charge is 0.225 e. The SMILES string of the molecule is Cc1cc(N2CCC(C)CC2)nc(NCc2ccccc2Cl)n1. The molecule has 5 heteroatoms. The van der Waals surface area contributed by atoms with E-state index in [0.29, 0.717) is 12.5 Å². The van der Waals surface area contributed by atoms with Gasteiger partial charge in [0.05, 0.1) is 0 Å². The molecule has 0 radical (unpaired) electrons. The minimum Gasteiger partial charge on any atom is -0.356 e. The molecule has 122 valence electrons. The summed E-state index contributed by atoms with van der Waals surface area (Å²) in [5.74, 6) is 2.50. The van der Waals surface area contributed by atoms with Crippen LogP contribution in [0.4, 0.5) is 11.8 Å². The molecule has 2 aromatic rings. The number of rotatable bonds is 4. The Labute approximate surface area is 142 Å². The summed E-state index contributed by atoms with van der Waals surface area (Å²) in [6.07, 6.45) is 2.46. The van der Waals surface area contributed by atoms with Crippen LogP contribution >= 0.6 is 11.6 Å². The molecule has 1 aromatic heterocycles. The molecule has 1 aliphatic heterocycles. The molecule has 1 N–H and O–H groups in total. The van der Waals surface area contributed by atoms with Crippen LogP contribution < -0.4 is 10.2 Å². The van der Waals surface area contributed by atoms with Gasteiger partial charge in [0.2, 0.25) is 5.95 Å². The Morgan fingerprint density at radius 2 is 1.96 bits per heavy atom. The second kappa shape index (κ2) is 7.18. The van der Waals surface area contributed by atoms with Crippen LogP contribution in [0.15, 0.2) is 30.3 Å². The number of anilines is 2. The molecule has 1 fully saturated rings. The lowest BCUT2D eigenvalue weighted by Crippen LogP contribution is -2.33. The molecule has 2 heterocycles. The van der Waals surface area contributed by atoms with E-state index in [9.17, 15) is 0 Å². The Morgan fingerprint density at radius 1 is 1.22 bits per heavy atom. The summed E-state index contributed by atoms with van der Waals surface area (Å²) in [7, 11) is 0. The Hall–Kier alpha value is -1.81. The quantitative estimate of drug-likeness (QED) is 0.908. The third-order valence-corrected chi connectivity index (χ3v) is 4.71. The van der Waals surface area contributed by atoms with Gasteiger partial charge >= 0.3 is 0 Å². The van der Waals surface area contributed by atoms with Gasteiger partial charge in [-0.2, -0.15) is 4.98 Å². The van der Waals surface area contributed by atoms with Crippen molar-refractivity contribution in [3.63, 3.8) is 0 Å². The fourth-order valence-electron chi connectivity index (χ4n) is 2.85. The maximum absolute atomic E-state index is 6.20. The highest BCUT2D eigenvalue weighted by atomic mass is 35.5. The van der Waals surface area contributed by atoms with Gasteiger partial charge in [-0.15, -0.1) is 0 Å². The Balaban J connectivity index is 1.71. The average molecular weight is 331 g/mol. The number of hydrogen-bond acceptors (Lipinski definition) is 4. The van der Waals surface area contributed by atoms with E-state index in [2.05, 4.69) is 33.2 Å². The van der Waals surface area contributed by atoms with Crippen molar-refractivity contribution in [3.05, 3.63) is 46.6 Å². The third-order valence-electron chi connectivity index (χ3n) is 4.34. The molecule has 1 aliphatic rings. The average Bonchev–Trinajstić information content (AvgIpc) is 2.54. The van der Waals surface area contributed by atoms with Gasteiger partial charge in [-0.25, -0.2) is 4.98 Å². The lowest BCUT2D eigenvalue weighted by Gasteiger charge is -2.31. The van der Waals surface area contributed by atoms with Crippen LogP contribution in [0.25, 0.3) is 0 Å². The molecule has 0 bridgehead atoms. The van der Waals surface area contributed by atoms with Crippen LogP contribution in [-0.2, 0) is 6.54 Å². The number of benzene rings is 1. The van der Waals surface area contributed by atoms with Crippen LogP contribution in [-0.4, -0.2) is 23.1 Å². The molecule has 0 aliphatic carbocycles. The maximum atomic E-state index is 6.20. The summed E-state index contributed by atoms with van der Waals surface area (Å²) in [4.78, 5) is 11.5. The van der Waals surface area contributed by atoms with Crippen molar-refractivity contribution in [1.29, 1.82) is 0 Å². The first-order chi connectivity index (χ1) is 11.1. The summed E-state index contributed by atoms with van der Waals surface area (Å²) in [6.45, 7) is 7.10. The number of nitrogens with one attached hydrogen (secondary N) is 1. The van der Waals surface area contributed by atoms with Crippen molar-refractivity contribution < 1.29 is 0 Å². The van der Waals surface area contributed by atoms with E-state index in [0.717, 1.165) is 41.1 Å². The van der Waals surface area contributed by atoms with Gasteiger partial charge in [-0.05, 0) is 37.3 Å². The highest BCUT2D eigenvalue weighted by molar-refractivity contribution is 6.31. The van der Waals surface area contributed by atoms with E-state index in [1.54, 1.807) is 0 Å². The second-order valence-electron chi connectivity index (χ2n) is 6.31. The van der Waals surface area contributed by atoms with Crippen LogP contribution in [0, 0.1) is 12.8 Å². The van der Waals surface area contributed by atoms with E-state index >= 15 is 0 Å². The Kier molecular flexibility index (Phi) is 5.01. The Bertz CT molecular complexity index is 666. The number of halogens is 1. The molecule has 4 nitrogen and oxygen atoms in total. The van der Waals surface area contributed by atoms with E-state index in [1.165, 1.54) is 12.8 Å². The zero-order valence-electron chi connectivity index (χ0n) is 13.7. The number of aromatic nitrogens is 2. The third kappa shape index (κ3) is 4.14. The summed E-state index contributed by atoms with van der Waals surface area (Å²) in [5.41, 5.74) is 2.03. The van der Waals surface area contributed by atoms with Gasteiger partial charge in [-0.3, -0.25) is 0 Å². The molecule has 1 saturated heterocycles. The van der Waals surface area contributed by atoms with Gasteiger partial charge in [0.1, 0.15) is 5.82 Å². The summed E-state index contributed by atoms with van der Waals surface area (Å²) in [6, 6.07) is 9.90. The van der Waals surface area contributed by atoms with Gasteiger partial charge in [0.25, 0.3) is 0 Å². The zero-order chi connectivity index (χ0) is 16.2. The molecular formula is C18H23ClN4. The lowest BCUT2D eigenvalue weighted by molar-refractivity contribution is 0.436. The number of nitrogens with zero attached hydrogens (tertiary/aromatic N) is 3. The summed E-state index contributed by atoms with van der Waals surface area (Å²) >= 11 is 6.20. The van der Waals surface area contributed by atoms with Crippen LogP contribution in [0.3, 0.4) is 0 Å². The number of hydrogen-bond donors (Lipinski definition) is 1. The summed E-state index contributed by atoms with van der Waals surface area (Å²) < 4.78 is 0. The van der Waals surface area contributed by atoms with Crippen molar-refractivity contribution in [2.45, 2.75) is 33.2 Å². The topological polar surface area (TPSA) is 41.1 Å². The van der Waals surface area contributed by atoms with Crippen molar-refractivity contribution in [2.24, 2.45) is 5.92 Å². The van der Waals surface area contributed by atoms with Gasteiger partial charge in [0.15, 0.2) is 0 Å². The normalized spacial score (nSPS) is 15.7. The standard InChI is InChI=1S/C18H23ClN4/c1-13-7-9-23(10-8-13)17-11-14(2)21-18(22-17)20-12-15-5-3-4-6-16(15)19/h3-6,11,13H,7-10,12H2,1-2H3,(H,20,21,22). The largest absolute Gasteiger partial charge is 0.356 e. The van der Waals surface area contributed by atoms with Crippen LogP contribution in [0.1, 0.15) is 31.0 Å². The molecule has 3 rings (SSSR count). The first kappa shape index (κ1) is 16.1. The molecule has 23 heavy (non-hydrogen) atoms. The minimum absolute atomic E-state index is 0.625. The van der Waals surface area contributed by atoms with Crippen molar-refractivity contribution >= 4 is 23.4 Å². The van der Waals surface area contributed by atoms with Crippen molar-refractivity contribution in [2.75, 3.05) is 23.3 Å². The van der Waals surface area contributed by atoms with Gasteiger partial charge in [-0.1, -0.05) is 36.7 Å². The van der Waals surface area contributed by atoms with Crippen molar-refractivity contribution in [1.82, 2.24) is 9.97 Å². The minimum atomic E-state index is 0.625. The van der Waals surface area contributed by atoms with E-state index in [1.807, 2.05) is 31.2 Å². The fraction of sp³-hybridized carbons (Fsp3) is 0.444. The van der Waals surface area contributed by atoms with Crippen LogP contribution in [0.2, 0.25) is 5.02 Å². The van der Waals surface area contributed by atoms with Crippen molar-refractivity contribution in [3.8, 4) is 0 Å². The molecule has 0 amide bonds. The predicted octanol–water partition coefficient (Wildman–Crippen LogP) is 4.29. The molecule has 0 saturated carbocycles. The molecule has 0 unspecified atom stereocenters. The van der Waals surface area contributed by atoms with E-state index < -0.39 is 0 Å².